The van der Waals surface area contributed by atoms with Gasteiger partial charge in [0.15, 0.2) is 0 Å². The summed E-state index contributed by atoms with van der Waals surface area (Å²) in [6, 6.07) is 0.977. The molecule has 2 rings (SSSR count). The van der Waals surface area contributed by atoms with Gasteiger partial charge in [-0.1, -0.05) is 0 Å². The van der Waals surface area contributed by atoms with Gasteiger partial charge in [0.2, 0.25) is 5.91 Å². The predicted octanol–water partition coefficient (Wildman–Crippen LogP) is 0.0143. The van der Waals surface area contributed by atoms with Gasteiger partial charge in [0.1, 0.15) is 17.6 Å². The Labute approximate surface area is 113 Å². The van der Waals surface area contributed by atoms with Gasteiger partial charge in [0, 0.05) is 32.1 Å². The van der Waals surface area contributed by atoms with E-state index in [-0.39, 0.29) is 29.4 Å². The second kappa shape index (κ2) is 5.51. The van der Waals surface area contributed by atoms with E-state index in [2.05, 4.69) is 10.3 Å². The molecule has 0 atom stereocenters. The molecule has 1 fully saturated rings. The van der Waals surface area contributed by atoms with Crippen LogP contribution in [0, 0.1) is 10.1 Å². The molecule has 9 nitrogen and oxygen atoms in total. The second-order valence-electron chi connectivity index (χ2n) is 4.21. The Bertz CT molecular complexity index is 574. The Hall–Kier alpha value is -2.71. The summed E-state index contributed by atoms with van der Waals surface area (Å²) >= 11 is 0. The first-order valence-corrected chi connectivity index (χ1v) is 5.88. The van der Waals surface area contributed by atoms with Crippen molar-refractivity contribution in [1.29, 1.82) is 0 Å². The van der Waals surface area contributed by atoms with Crippen LogP contribution in [0.1, 0.15) is 16.8 Å². The normalized spacial score (nSPS) is 15.4. The van der Waals surface area contributed by atoms with Crippen molar-refractivity contribution in [1.82, 2.24) is 10.3 Å². The van der Waals surface area contributed by atoms with E-state index in [1.165, 1.54) is 0 Å². The van der Waals surface area contributed by atoms with Crippen molar-refractivity contribution in [3.05, 3.63) is 27.9 Å². The number of nitro groups is 1. The summed E-state index contributed by atoms with van der Waals surface area (Å²) in [4.78, 5) is 37.9. The number of pyridine rings is 1. The SMILES string of the molecule is O=C1CCN(c2ncc([N+](=O)[O-])cc2C(=O)O)CCN1. The van der Waals surface area contributed by atoms with Gasteiger partial charge in [-0.25, -0.2) is 9.78 Å². The summed E-state index contributed by atoms with van der Waals surface area (Å²) in [5, 5.41) is 22.5. The van der Waals surface area contributed by atoms with Crippen molar-refractivity contribution in [3.8, 4) is 0 Å². The third-order valence-corrected chi connectivity index (χ3v) is 2.91. The Balaban J connectivity index is 2.37. The van der Waals surface area contributed by atoms with Crippen molar-refractivity contribution < 1.29 is 19.6 Å². The first-order chi connectivity index (χ1) is 9.49. The number of aromatic carboxylic acids is 1. The topological polar surface area (TPSA) is 126 Å². The minimum atomic E-state index is -1.29. The van der Waals surface area contributed by atoms with Crippen LogP contribution in [-0.4, -0.2) is 46.5 Å². The Morgan fingerprint density at radius 3 is 2.90 bits per heavy atom. The highest BCUT2D eigenvalue weighted by Crippen LogP contribution is 2.23. The summed E-state index contributed by atoms with van der Waals surface area (Å²) in [5.41, 5.74) is -0.622. The number of carboxylic acid groups (broad SMARTS) is 1. The third kappa shape index (κ3) is 2.82. The molecule has 1 amide bonds. The summed E-state index contributed by atoms with van der Waals surface area (Å²) in [6.45, 7) is 1.09. The Morgan fingerprint density at radius 1 is 1.50 bits per heavy atom. The number of hydrogen-bond donors (Lipinski definition) is 2. The molecular weight excluding hydrogens is 268 g/mol. The Morgan fingerprint density at radius 2 is 2.25 bits per heavy atom. The van der Waals surface area contributed by atoms with Crippen LogP contribution in [0.2, 0.25) is 0 Å². The maximum atomic E-state index is 11.3. The molecule has 0 aliphatic carbocycles. The van der Waals surface area contributed by atoms with E-state index in [1.54, 1.807) is 4.90 Å². The molecular formula is C11H12N4O5. The molecule has 20 heavy (non-hydrogen) atoms. The largest absolute Gasteiger partial charge is 0.478 e. The molecule has 0 spiro atoms. The summed E-state index contributed by atoms with van der Waals surface area (Å²) < 4.78 is 0. The fourth-order valence-electron chi connectivity index (χ4n) is 1.93. The number of nitrogens with zero attached hydrogens (tertiary/aromatic N) is 3. The highest BCUT2D eigenvalue weighted by molar-refractivity contribution is 5.94. The van der Waals surface area contributed by atoms with Gasteiger partial charge >= 0.3 is 5.97 Å². The van der Waals surface area contributed by atoms with Crippen LogP contribution in [0.5, 0.6) is 0 Å². The first-order valence-electron chi connectivity index (χ1n) is 5.88. The van der Waals surface area contributed by atoms with Gasteiger partial charge < -0.3 is 15.3 Å². The monoisotopic (exact) mass is 280 g/mol. The molecule has 9 heteroatoms. The van der Waals surface area contributed by atoms with Crippen molar-refractivity contribution >= 4 is 23.4 Å². The zero-order chi connectivity index (χ0) is 14.7. The van der Waals surface area contributed by atoms with Gasteiger partial charge in [-0.2, -0.15) is 0 Å². The van der Waals surface area contributed by atoms with E-state index in [9.17, 15) is 19.7 Å². The zero-order valence-corrected chi connectivity index (χ0v) is 10.4. The molecule has 1 aromatic rings. The van der Waals surface area contributed by atoms with Crippen LogP contribution < -0.4 is 10.2 Å². The molecule has 0 aromatic carbocycles. The van der Waals surface area contributed by atoms with Crippen LogP contribution in [0.15, 0.2) is 12.3 Å². The van der Waals surface area contributed by atoms with Gasteiger partial charge in [0.25, 0.3) is 5.69 Å². The molecule has 1 aliphatic rings. The highest BCUT2D eigenvalue weighted by Gasteiger charge is 2.23. The van der Waals surface area contributed by atoms with E-state index < -0.39 is 10.9 Å². The lowest BCUT2D eigenvalue weighted by Crippen LogP contribution is -2.30. The lowest BCUT2D eigenvalue weighted by molar-refractivity contribution is -0.385. The maximum Gasteiger partial charge on any atom is 0.339 e. The molecule has 2 heterocycles. The number of carbonyl (C=O) groups excluding carboxylic acids is 1. The number of hydrogen-bond acceptors (Lipinski definition) is 6. The van der Waals surface area contributed by atoms with Crippen LogP contribution in [-0.2, 0) is 4.79 Å². The van der Waals surface area contributed by atoms with E-state index in [1.807, 2.05) is 0 Å². The van der Waals surface area contributed by atoms with Gasteiger partial charge in [-0.05, 0) is 0 Å². The number of anilines is 1. The van der Waals surface area contributed by atoms with Crippen LogP contribution >= 0.6 is 0 Å². The number of carboxylic acids is 1. The highest BCUT2D eigenvalue weighted by atomic mass is 16.6. The molecule has 1 saturated heterocycles. The van der Waals surface area contributed by atoms with Crippen molar-refractivity contribution in [2.45, 2.75) is 6.42 Å². The first kappa shape index (κ1) is 13.7. The van der Waals surface area contributed by atoms with Gasteiger partial charge in [-0.3, -0.25) is 14.9 Å². The van der Waals surface area contributed by atoms with E-state index in [0.717, 1.165) is 12.3 Å². The number of carbonyl (C=O) groups is 2. The number of nitrogens with one attached hydrogen (secondary N) is 1. The number of aromatic nitrogens is 1. The Kier molecular flexibility index (Phi) is 3.78. The lowest BCUT2D eigenvalue weighted by Gasteiger charge is -2.21. The molecule has 0 bridgehead atoms. The van der Waals surface area contributed by atoms with Crippen LogP contribution in [0.4, 0.5) is 11.5 Å². The van der Waals surface area contributed by atoms with Gasteiger partial charge in [-0.15, -0.1) is 0 Å². The van der Waals surface area contributed by atoms with Crippen molar-refractivity contribution in [2.24, 2.45) is 0 Å². The molecule has 0 unspecified atom stereocenters. The summed E-state index contributed by atoms with van der Waals surface area (Å²) in [7, 11) is 0. The van der Waals surface area contributed by atoms with E-state index >= 15 is 0 Å². The summed E-state index contributed by atoms with van der Waals surface area (Å²) in [5.74, 6) is -1.27. The lowest BCUT2D eigenvalue weighted by atomic mass is 10.2. The average molecular weight is 280 g/mol. The van der Waals surface area contributed by atoms with Crippen molar-refractivity contribution in [3.63, 3.8) is 0 Å². The smallest absolute Gasteiger partial charge is 0.339 e. The summed E-state index contributed by atoms with van der Waals surface area (Å²) in [6.07, 6.45) is 1.24. The molecule has 2 N–H and O–H groups in total. The van der Waals surface area contributed by atoms with Crippen LogP contribution in [0.3, 0.4) is 0 Å². The molecule has 1 aliphatic heterocycles. The van der Waals surface area contributed by atoms with Crippen molar-refractivity contribution in [2.75, 3.05) is 24.5 Å². The zero-order valence-electron chi connectivity index (χ0n) is 10.4. The second-order valence-corrected chi connectivity index (χ2v) is 4.21. The molecule has 106 valence electrons. The average Bonchev–Trinajstić information content (AvgIpc) is 2.62. The minimum absolute atomic E-state index is 0.119. The van der Waals surface area contributed by atoms with Gasteiger partial charge in [0.05, 0.1) is 4.92 Å². The van der Waals surface area contributed by atoms with Crippen LogP contribution in [0.25, 0.3) is 0 Å². The van der Waals surface area contributed by atoms with E-state index in [4.69, 9.17) is 5.11 Å². The minimum Gasteiger partial charge on any atom is -0.478 e. The fraction of sp³-hybridized carbons (Fsp3) is 0.364. The van der Waals surface area contributed by atoms with E-state index in [0.29, 0.717) is 19.6 Å². The molecule has 0 radical (unpaired) electrons. The fourth-order valence-corrected chi connectivity index (χ4v) is 1.93. The predicted molar refractivity (Wildman–Crippen MR) is 67.7 cm³/mol. The third-order valence-electron chi connectivity index (χ3n) is 2.91. The number of amides is 1. The quantitative estimate of drug-likeness (QED) is 0.590. The standard InChI is InChI=1S/C11H12N4O5/c16-9-1-3-14(4-2-12-9)10-8(11(17)18)5-7(6-13-10)15(19)20/h5-6H,1-4H2,(H,12,16)(H,17,18). The molecule has 1 aromatic heterocycles. The number of rotatable bonds is 3. The maximum absolute atomic E-state index is 11.3. The molecule has 0 saturated carbocycles.